The molecule has 7 nitrogen and oxygen atoms in total. The molecule has 0 fully saturated rings. The van der Waals surface area contributed by atoms with Crippen LogP contribution in [-0.4, -0.2) is 27.9 Å². The molecule has 0 bridgehead atoms. The molecule has 0 aliphatic rings. The highest BCUT2D eigenvalue weighted by Crippen LogP contribution is 2.25. The van der Waals surface area contributed by atoms with E-state index in [0.717, 1.165) is 11.3 Å². The van der Waals surface area contributed by atoms with Crippen molar-refractivity contribution in [3.8, 4) is 11.5 Å². The number of rotatable bonds is 5. The third-order valence-electron chi connectivity index (χ3n) is 2.19. The van der Waals surface area contributed by atoms with Gasteiger partial charge in [-0.3, -0.25) is 0 Å². The molecule has 2 rings (SSSR count). The fourth-order valence-electron chi connectivity index (χ4n) is 1.49. The lowest BCUT2D eigenvalue weighted by atomic mass is 10.2. The Balaban J connectivity index is 2.06. The van der Waals surface area contributed by atoms with Crippen LogP contribution in [-0.2, 0) is 16.1 Å². The van der Waals surface area contributed by atoms with Crippen LogP contribution in [0.3, 0.4) is 0 Å². The van der Waals surface area contributed by atoms with E-state index < -0.39 is 12.6 Å². The van der Waals surface area contributed by atoms with Crippen LogP contribution in [0.4, 0.5) is 0 Å². The number of hydrogen-bond acceptors (Lipinski definition) is 6. The number of hydrogen-bond donors (Lipinski definition) is 1. The minimum Gasteiger partial charge on any atom is -0.480 e. The Kier molecular flexibility index (Phi) is 3.42. The average molecular weight is 252 g/mol. The fraction of sp³-hybridized carbons (Fsp3) is 0.364. The molecule has 96 valence electrons. The monoisotopic (exact) mass is 252 g/mol. The molecule has 7 heteroatoms. The van der Waals surface area contributed by atoms with Crippen LogP contribution in [0, 0.1) is 13.8 Å². The second-order valence-electron chi connectivity index (χ2n) is 3.71. The van der Waals surface area contributed by atoms with Crippen molar-refractivity contribution >= 4 is 5.97 Å². The zero-order valence-electron chi connectivity index (χ0n) is 9.97. The predicted molar refractivity (Wildman–Crippen MR) is 58.8 cm³/mol. The van der Waals surface area contributed by atoms with Crippen LogP contribution in [0.2, 0.25) is 0 Å². The SMILES string of the molecule is Cc1cc(-c2nnc(COCC(=O)O)o2)c(C)o1. The van der Waals surface area contributed by atoms with Crippen LogP contribution in [0.25, 0.3) is 11.5 Å². The number of carboxylic acid groups (broad SMARTS) is 1. The Bertz CT molecular complexity index is 558. The van der Waals surface area contributed by atoms with Gasteiger partial charge in [-0.15, -0.1) is 10.2 Å². The standard InChI is InChI=1S/C11H12N2O5/c1-6-3-8(7(2)17-6)11-13-12-9(18-11)4-16-5-10(14)15/h3H,4-5H2,1-2H3,(H,14,15). The van der Waals surface area contributed by atoms with Crippen molar-refractivity contribution in [2.24, 2.45) is 0 Å². The first-order valence-corrected chi connectivity index (χ1v) is 5.25. The molecule has 0 aliphatic heterocycles. The molecule has 0 aliphatic carbocycles. The van der Waals surface area contributed by atoms with Crippen LogP contribution < -0.4 is 0 Å². The number of carbonyl (C=O) groups is 1. The molecule has 0 spiro atoms. The number of aromatic nitrogens is 2. The summed E-state index contributed by atoms with van der Waals surface area (Å²) in [6.45, 7) is 3.19. The third kappa shape index (κ3) is 2.75. The zero-order valence-corrected chi connectivity index (χ0v) is 9.97. The lowest BCUT2D eigenvalue weighted by Crippen LogP contribution is -2.06. The molecule has 0 amide bonds. The number of ether oxygens (including phenoxy) is 1. The molecule has 1 N–H and O–H groups in total. The van der Waals surface area contributed by atoms with Gasteiger partial charge in [-0.1, -0.05) is 0 Å². The zero-order chi connectivity index (χ0) is 13.1. The first kappa shape index (κ1) is 12.3. The highest BCUT2D eigenvalue weighted by Gasteiger charge is 2.14. The van der Waals surface area contributed by atoms with E-state index in [2.05, 4.69) is 10.2 Å². The molecule has 0 saturated heterocycles. The smallest absolute Gasteiger partial charge is 0.329 e. The predicted octanol–water partition coefficient (Wildman–Crippen LogP) is 1.55. The Hall–Kier alpha value is -2.15. The first-order valence-electron chi connectivity index (χ1n) is 5.25. The van der Waals surface area contributed by atoms with Gasteiger partial charge in [-0.2, -0.15) is 0 Å². The maximum atomic E-state index is 10.3. The summed E-state index contributed by atoms with van der Waals surface area (Å²) in [5.41, 5.74) is 0.726. The Labute approximate surface area is 102 Å². The molecule has 0 atom stereocenters. The van der Waals surface area contributed by atoms with Gasteiger partial charge in [0.25, 0.3) is 5.89 Å². The number of carboxylic acids is 1. The van der Waals surface area contributed by atoms with Crippen molar-refractivity contribution in [1.29, 1.82) is 0 Å². The molecular weight excluding hydrogens is 240 g/mol. The number of furan rings is 1. The lowest BCUT2D eigenvalue weighted by Gasteiger charge is -1.95. The van der Waals surface area contributed by atoms with Crippen molar-refractivity contribution in [3.05, 3.63) is 23.5 Å². The van der Waals surface area contributed by atoms with Crippen molar-refractivity contribution in [2.75, 3.05) is 6.61 Å². The average Bonchev–Trinajstić information content (AvgIpc) is 2.85. The van der Waals surface area contributed by atoms with Gasteiger partial charge in [0.2, 0.25) is 5.89 Å². The van der Waals surface area contributed by atoms with Crippen LogP contribution >= 0.6 is 0 Å². The van der Waals surface area contributed by atoms with Crippen LogP contribution in [0.5, 0.6) is 0 Å². The van der Waals surface area contributed by atoms with Crippen LogP contribution in [0.15, 0.2) is 14.9 Å². The maximum Gasteiger partial charge on any atom is 0.329 e. The molecule has 0 saturated carbocycles. The minimum absolute atomic E-state index is 0.0326. The number of aliphatic carboxylic acids is 1. The lowest BCUT2D eigenvalue weighted by molar-refractivity contribution is -0.142. The fourth-order valence-corrected chi connectivity index (χ4v) is 1.49. The van der Waals surface area contributed by atoms with Crippen molar-refractivity contribution in [2.45, 2.75) is 20.5 Å². The highest BCUT2D eigenvalue weighted by molar-refractivity contribution is 5.67. The van der Waals surface area contributed by atoms with Gasteiger partial charge >= 0.3 is 5.97 Å². The minimum atomic E-state index is -1.05. The van der Waals surface area contributed by atoms with Gasteiger partial charge in [0.1, 0.15) is 24.7 Å². The van der Waals surface area contributed by atoms with Gasteiger partial charge in [-0.05, 0) is 19.9 Å². The summed E-state index contributed by atoms with van der Waals surface area (Å²) in [4.78, 5) is 10.3. The number of nitrogens with zero attached hydrogens (tertiary/aromatic N) is 2. The summed E-state index contributed by atoms with van der Waals surface area (Å²) in [6.07, 6.45) is 0. The normalized spacial score (nSPS) is 10.8. The summed E-state index contributed by atoms with van der Waals surface area (Å²) in [5.74, 6) is 0.956. The molecule has 0 aromatic carbocycles. The molecule has 18 heavy (non-hydrogen) atoms. The molecule has 2 heterocycles. The van der Waals surface area contributed by atoms with Crippen LogP contribution in [0.1, 0.15) is 17.4 Å². The molecular formula is C11H12N2O5. The quantitative estimate of drug-likeness (QED) is 0.861. The summed E-state index contributed by atoms with van der Waals surface area (Å²) in [5, 5.41) is 16.0. The van der Waals surface area contributed by atoms with Gasteiger partial charge in [0.15, 0.2) is 0 Å². The van der Waals surface area contributed by atoms with Crippen molar-refractivity contribution in [1.82, 2.24) is 10.2 Å². The van der Waals surface area contributed by atoms with E-state index in [9.17, 15) is 4.79 Å². The molecule has 2 aromatic rings. The summed E-state index contributed by atoms with van der Waals surface area (Å²) < 4.78 is 15.5. The van der Waals surface area contributed by atoms with Gasteiger partial charge in [0, 0.05) is 0 Å². The topological polar surface area (TPSA) is 98.6 Å². The second-order valence-corrected chi connectivity index (χ2v) is 3.71. The van der Waals surface area contributed by atoms with E-state index in [1.807, 2.05) is 6.92 Å². The van der Waals surface area contributed by atoms with E-state index in [0.29, 0.717) is 11.7 Å². The van der Waals surface area contributed by atoms with E-state index in [4.69, 9.17) is 18.7 Å². The first-order chi connectivity index (χ1) is 8.56. The maximum absolute atomic E-state index is 10.3. The van der Waals surface area contributed by atoms with E-state index in [-0.39, 0.29) is 12.5 Å². The Morgan fingerprint density at radius 2 is 2.17 bits per heavy atom. The Morgan fingerprint density at radius 3 is 2.78 bits per heavy atom. The van der Waals surface area contributed by atoms with Gasteiger partial charge in [0.05, 0.1) is 5.56 Å². The molecule has 0 unspecified atom stereocenters. The van der Waals surface area contributed by atoms with E-state index in [1.165, 1.54) is 0 Å². The highest BCUT2D eigenvalue weighted by atomic mass is 16.5. The van der Waals surface area contributed by atoms with Crippen molar-refractivity contribution < 1.29 is 23.5 Å². The summed E-state index contributed by atoms with van der Waals surface area (Å²) in [6, 6.07) is 1.80. The van der Waals surface area contributed by atoms with E-state index >= 15 is 0 Å². The molecule has 2 aromatic heterocycles. The summed E-state index contributed by atoms with van der Waals surface area (Å²) >= 11 is 0. The molecule has 0 radical (unpaired) electrons. The Morgan fingerprint density at radius 1 is 1.39 bits per heavy atom. The second kappa shape index (κ2) is 5.01. The number of aryl methyl sites for hydroxylation is 2. The third-order valence-corrected chi connectivity index (χ3v) is 2.19. The van der Waals surface area contributed by atoms with Gasteiger partial charge < -0.3 is 18.7 Å². The van der Waals surface area contributed by atoms with Gasteiger partial charge in [-0.25, -0.2) is 4.79 Å². The van der Waals surface area contributed by atoms with E-state index in [1.54, 1.807) is 13.0 Å². The largest absolute Gasteiger partial charge is 0.480 e. The summed E-state index contributed by atoms with van der Waals surface area (Å²) in [7, 11) is 0. The van der Waals surface area contributed by atoms with Crippen molar-refractivity contribution in [3.63, 3.8) is 0 Å².